The zero-order chi connectivity index (χ0) is 23.5. The van der Waals surface area contributed by atoms with Crippen molar-refractivity contribution >= 4 is 26.3 Å². The molecule has 32 heavy (non-hydrogen) atoms. The third kappa shape index (κ3) is 4.33. The van der Waals surface area contributed by atoms with E-state index in [-0.39, 0.29) is 26.5 Å². The SMILES string of the molecule is NS(=O)(=O)c1nn2cc(-c3ccc(-c4cc(C(F)(F)F)cc(C(F)(F)F)c4)cc3)nc2s1. The molecule has 0 spiro atoms. The molecule has 2 heterocycles. The van der Waals surface area contributed by atoms with Gasteiger partial charge in [-0.3, -0.25) is 0 Å². The quantitative estimate of drug-likeness (QED) is 0.416. The third-order valence-electron chi connectivity index (χ3n) is 4.37. The van der Waals surface area contributed by atoms with Crippen LogP contribution in [0.1, 0.15) is 11.1 Å². The number of alkyl halides is 6. The summed E-state index contributed by atoms with van der Waals surface area (Å²) in [5, 5.41) is 8.82. The second kappa shape index (κ2) is 7.28. The Labute approximate surface area is 180 Å². The normalized spacial score (nSPS) is 13.1. The Bertz CT molecular complexity index is 1360. The van der Waals surface area contributed by atoms with Crippen LogP contribution in [-0.2, 0) is 22.4 Å². The molecule has 0 amide bonds. The van der Waals surface area contributed by atoms with Gasteiger partial charge in [-0.05, 0) is 29.3 Å². The van der Waals surface area contributed by atoms with Gasteiger partial charge in [0.25, 0.3) is 10.0 Å². The van der Waals surface area contributed by atoms with E-state index < -0.39 is 33.5 Å². The molecule has 14 heteroatoms. The van der Waals surface area contributed by atoms with Crippen LogP contribution in [0.2, 0.25) is 0 Å². The Kier molecular flexibility index (Phi) is 5.06. The highest BCUT2D eigenvalue weighted by atomic mass is 32.2. The van der Waals surface area contributed by atoms with E-state index in [2.05, 4.69) is 10.1 Å². The van der Waals surface area contributed by atoms with Gasteiger partial charge in [-0.1, -0.05) is 35.6 Å². The number of primary sulfonamides is 1. The first kappa shape index (κ1) is 22.2. The van der Waals surface area contributed by atoms with Crippen LogP contribution in [0.15, 0.2) is 53.0 Å². The molecule has 0 unspecified atom stereocenters. The lowest BCUT2D eigenvalue weighted by Gasteiger charge is -2.14. The number of imidazole rings is 1. The summed E-state index contributed by atoms with van der Waals surface area (Å²) >= 11 is 0.742. The van der Waals surface area contributed by atoms with Gasteiger partial charge in [-0.2, -0.15) is 26.3 Å². The molecule has 0 saturated heterocycles. The molecule has 2 aromatic heterocycles. The molecular weight excluding hydrogens is 482 g/mol. The fourth-order valence-corrected chi connectivity index (χ4v) is 4.40. The average molecular weight is 492 g/mol. The molecule has 4 aromatic rings. The molecule has 168 valence electrons. The van der Waals surface area contributed by atoms with E-state index in [1.165, 1.54) is 35.0 Å². The lowest BCUT2D eigenvalue weighted by molar-refractivity contribution is -0.143. The van der Waals surface area contributed by atoms with Gasteiger partial charge < -0.3 is 0 Å². The molecule has 4 rings (SSSR count). The molecular formula is C18H10F6N4O2S2. The summed E-state index contributed by atoms with van der Waals surface area (Å²) in [6.07, 6.45) is -8.47. The molecule has 6 nitrogen and oxygen atoms in total. The summed E-state index contributed by atoms with van der Waals surface area (Å²) in [5.41, 5.74) is -2.05. The number of benzene rings is 2. The van der Waals surface area contributed by atoms with Crippen LogP contribution in [0, 0.1) is 0 Å². The molecule has 0 fully saturated rings. The third-order valence-corrected chi connectivity index (χ3v) is 6.60. The van der Waals surface area contributed by atoms with Gasteiger partial charge in [0.05, 0.1) is 23.0 Å². The van der Waals surface area contributed by atoms with Gasteiger partial charge in [0.1, 0.15) is 0 Å². The lowest BCUT2D eigenvalue weighted by Crippen LogP contribution is -2.12. The van der Waals surface area contributed by atoms with E-state index in [1.807, 2.05) is 0 Å². The molecule has 0 saturated carbocycles. The number of sulfonamides is 1. The minimum absolute atomic E-state index is 0.0680. The van der Waals surface area contributed by atoms with E-state index in [0.29, 0.717) is 23.4 Å². The Morgan fingerprint density at radius 1 is 0.844 bits per heavy atom. The molecule has 0 aliphatic heterocycles. The second-order valence-corrected chi connectivity index (χ2v) is 9.33. The van der Waals surface area contributed by atoms with Crippen LogP contribution in [0.5, 0.6) is 0 Å². The monoisotopic (exact) mass is 492 g/mol. The lowest BCUT2D eigenvalue weighted by atomic mass is 9.98. The predicted molar refractivity (Wildman–Crippen MR) is 103 cm³/mol. The Morgan fingerprint density at radius 2 is 1.38 bits per heavy atom. The number of nitrogens with zero attached hydrogens (tertiary/aromatic N) is 3. The zero-order valence-corrected chi connectivity index (χ0v) is 17.1. The highest BCUT2D eigenvalue weighted by Gasteiger charge is 2.37. The van der Waals surface area contributed by atoms with Crippen molar-refractivity contribution < 1.29 is 34.8 Å². The van der Waals surface area contributed by atoms with Crippen molar-refractivity contribution in [3.63, 3.8) is 0 Å². The van der Waals surface area contributed by atoms with Crippen LogP contribution in [0.3, 0.4) is 0 Å². The van der Waals surface area contributed by atoms with Gasteiger partial charge >= 0.3 is 12.4 Å². The predicted octanol–water partition coefficient (Wildman–Crippen LogP) is 4.81. The van der Waals surface area contributed by atoms with Crippen LogP contribution < -0.4 is 5.14 Å². The summed E-state index contributed by atoms with van der Waals surface area (Å²) in [4.78, 5) is 4.45. The fraction of sp³-hybridized carbons (Fsp3) is 0.111. The van der Waals surface area contributed by atoms with Crippen LogP contribution in [0.25, 0.3) is 27.3 Å². The second-order valence-electron chi connectivity index (χ2n) is 6.64. The Balaban J connectivity index is 1.71. The van der Waals surface area contributed by atoms with E-state index in [4.69, 9.17) is 5.14 Å². The smallest absolute Gasteiger partial charge is 0.223 e. The fourth-order valence-electron chi connectivity index (χ4n) is 2.89. The van der Waals surface area contributed by atoms with E-state index in [9.17, 15) is 34.8 Å². The van der Waals surface area contributed by atoms with E-state index >= 15 is 0 Å². The largest absolute Gasteiger partial charge is 0.416 e. The van der Waals surface area contributed by atoms with Crippen molar-refractivity contribution in [1.82, 2.24) is 14.6 Å². The van der Waals surface area contributed by atoms with Crippen molar-refractivity contribution in [2.24, 2.45) is 5.14 Å². The standard InChI is InChI=1S/C18H10F6N4O2S2/c19-17(20,21)12-5-11(6-13(7-12)18(22,23)24)9-1-3-10(4-2-9)14-8-28-15(26-14)31-16(27-28)32(25,29)30/h1-8H,(H2,25,29,30). The first-order valence-electron chi connectivity index (χ1n) is 8.51. The zero-order valence-electron chi connectivity index (χ0n) is 15.4. The first-order chi connectivity index (χ1) is 14.7. The van der Waals surface area contributed by atoms with Crippen molar-refractivity contribution in [1.29, 1.82) is 0 Å². The maximum Gasteiger partial charge on any atom is 0.416 e. The summed E-state index contributed by atoms with van der Waals surface area (Å²) in [6.45, 7) is 0. The average Bonchev–Trinajstić information content (AvgIpc) is 3.25. The number of hydrogen-bond donors (Lipinski definition) is 1. The summed E-state index contributed by atoms with van der Waals surface area (Å²) in [7, 11) is -3.99. The molecule has 0 aliphatic rings. The van der Waals surface area contributed by atoms with Gasteiger partial charge in [0, 0.05) is 5.56 Å². The van der Waals surface area contributed by atoms with Crippen molar-refractivity contribution in [3.05, 3.63) is 59.8 Å². The van der Waals surface area contributed by atoms with Crippen LogP contribution in [0.4, 0.5) is 26.3 Å². The molecule has 2 N–H and O–H groups in total. The van der Waals surface area contributed by atoms with Gasteiger partial charge in [-0.25, -0.2) is 23.1 Å². The maximum absolute atomic E-state index is 13.1. The number of fused-ring (bicyclic) bond motifs is 1. The maximum atomic E-state index is 13.1. The number of aromatic nitrogens is 3. The van der Waals surface area contributed by atoms with Crippen LogP contribution in [-0.4, -0.2) is 23.0 Å². The minimum atomic E-state index is -4.94. The van der Waals surface area contributed by atoms with Crippen molar-refractivity contribution in [3.8, 4) is 22.4 Å². The molecule has 2 aromatic carbocycles. The van der Waals surface area contributed by atoms with Gasteiger partial charge in [-0.15, -0.1) is 5.10 Å². The van der Waals surface area contributed by atoms with Crippen LogP contribution >= 0.6 is 11.3 Å². The van der Waals surface area contributed by atoms with Gasteiger partial charge in [0.15, 0.2) is 0 Å². The first-order valence-corrected chi connectivity index (χ1v) is 10.9. The molecule has 0 bridgehead atoms. The number of nitrogens with two attached hydrogens (primary N) is 1. The number of rotatable bonds is 3. The molecule has 0 atom stereocenters. The Hall–Kier alpha value is -2.97. The van der Waals surface area contributed by atoms with E-state index in [0.717, 1.165) is 11.3 Å². The molecule has 0 aliphatic carbocycles. The Morgan fingerprint density at radius 3 is 1.84 bits per heavy atom. The minimum Gasteiger partial charge on any atom is -0.223 e. The number of hydrogen-bond acceptors (Lipinski definition) is 5. The van der Waals surface area contributed by atoms with E-state index in [1.54, 1.807) is 0 Å². The number of halogens is 6. The summed E-state index contributed by atoms with van der Waals surface area (Å²) in [6, 6.07) is 7.03. The van der Waals surface area contributed by atoms with Gasteiger partial charge in [0.2, 0.25) is 9.30 Å². The highest BCUT2D eigenvalue weighted by Crippen LogP contribution is 2.39. The highest BCUT2D eigenvalue weighted by molar-refractivity contribution is 7.91. The molecule has 0 radical (unpaired) electrons. The van der Waals surface area contributed by atoms with Crippen molar-refractivity contribution in [2.45, 2.75) is 16.7 Å². The topological polar surface area (TPSA) is 90.4 Å². The summed E-state index contributed by atoms with van der Waals surface area (Å²) in [5.74, 6) is 0. The van der Waals surface area contributed by atoms with Crippen molar-refractivity contribution in [2.75, 3.05) is 0 Å². The summed E-state index contributed by atoms with van der Waals surface area (Å²) < 4.78 is 102.